The number of benzene rings is 2. The number of rotatable bonds is 4. The molecule has 0 unspecified atom stereocenters. The van der Waals surface area contributed by atoms with Gasteiger partial charge in [0.25, 0.3) is 15.9 Å². The molecule has 124 valence electrons. The molecule has 0 saturated heterocycles. The van der Waals surface area contributed by atoms with Crippen LogP contribution in [0.3, 0.4) is 0 Å². The van der Waals surface area contributed by atoms with Gasteiger partial charge >= 0.3 is 0 Å². The van der Waals surface area contributed by atoms with Crippen LogP contribution >= 0.6 is 0 Å². The SMILES string of the molecule is Cc1noc(-c2cccc(NS(=O)(=O)c3ccc(F)c(C)c3)c2)n1. The van der Waals surface area contributed by atoms with E-state index in [9.17, 15) is 12.8 Å². The molecule has 0 fully saturated rings. The van der Waals surface area contributed by atoms with Crippen molar-refractivity contribution in [3.63, 3.8) is 0 Å². The summed E-state index contributed by atoms with van der Waals surface area (Å²) in [6.07, 6.45) is 0. The van der Waals surface area contributed by atoms with E-state index in [0.29, 0.717) is 23.0 Å². The van der Waals surface area contributed by atoms with E-state index in [1.54, 1.807) is 31.2 Å². The van der Waals surface area contributed by atoms with E-state index in [0.717, 1.165) is 6.07 Å². The molecule has 8 heteroatoms. The molecule has 0 aliphatic carbocycles. The van der Waals surface area contributed by atoms with Crippen molar-refractivity contribution in [3.8, 4) is 11.5 Å². The Labute approximate surface area is 138 Å². The van der Waals surface area contributed by atoms with Crippen molar-refractivity contribution in [2.24, 2.45) is 0 Å². The van der Waals surface area contributed by atoms with Crippen LogP contribution in [0.5, 0.6) is 0 Å². The molecule has 3 rings (SSSR count). The quantitative estimate of drug-likeness (QED) is 0.783. The number of sulfonamides is 1. The van der Waals surface area contributed by atoms with Crippen molar-refractivity contribution in [2.45, 2.75) is 18.7 Å². The minimum Gasteiger partial charge on any atom is -0.334 e. The number of hydrogen-bond donors (Lipinski definition) is 1. The van der Waals surface area contributed by atoms with E-state index in [2.05, 4.69) is 14.9 Å². The standard InChI is InChI=1S/C16H14FN3O3S/c1-10-8-14(6-7-15(10)17)24(21,22)20-13-5-3-4-12(9-13)16-18-11(2)19-23-16/h3-9,20H,1-2H3. The lowest BCUT2D eigenvalue weighted by molar-refractivity contribution is 0.425. The van der Waals surface area contributed by atoms with Crippen molar-refractivity contribution in [3.05, 3.63) is 59.7 Å². The van der Waals surface area contributed by atoms with Gasteiger partial charge in [-0.25, -0.2) is 12.8 Å². The van der Waals surface area contributed by atoms with Crippen LogP contribution in [0.4, 0.5) is 10.1 Å². The highest BCUT2D eigenvalue weighted by molar-refractivity contribution is 7.92. The van der Waals surface area contributed by atoms with Crippen LogP contribution in [-0.4, -0.2) is 18.6 Å². The van der Waals surface area contributed by atoms with Gasteiger partial charge < -0.3 is 4.52 Å². The van der Waals surface area contributed by atoms with Gasteiger partial charge in [-0.05, 0) is 55.8 Å². The topological polar surface area (TPSA) is 85.1 Å². The summed E-state index contributed by atoms with van der Waals surface area (Å²) in [5.74, 6) is 0.326. The third kappa shape index (κ3) is 3.28. The monoisotopic (exact) mass is 347 g/mol. The summed E-state index contributed by atoms with van der Waals surface area (Å²) in [6, 6.07) is 10.2. The van der Waals surface area contributed by atoms with Crippen LogP contribution in [-0.2, 0) is 10.0 Å². The van der Waals surface area contributed by atoms with E-state index < -0.39 is 15.8 Å². The third-order valence-electron chi connectivity index (χ3n) is 3.33. The lowest BCUT2D eigenvalue weighted by atomic mass is 10.2. The molecule has 0 aliphatic heterocycles. The van der Waals surface area contributed by atoms with Crippen molar-refractivity contribution in [1.82, 2.24) is 10.1 Å². The first-order chi connectivity index (χ1) is 11.3. The molecule has 1 heterocycles. The van der Waals surface area contributed by atoms with E-state index in [4.69, 9.17) is 4.52 Å². The zero-order valence-electron chi connectivity index (χ0n) is 12.9. The van der Waals surface area contributed by atoms with E-state index >= 15 is 0 Å². The molecular weight excluding hydrogens is 333 g/mol. The zero-order valence-corrected chi connectivity index (χ0v) is 13.8. The molecule has 0 aliphatic rings. The summed E-state index contributed by atoms with van der Waals surface area (Å²) >= 11 is 0. The molecule has 6 nitrogen and oxygen atoms in total. The van der Waals surface area contributed by atoms with Crippen LogP contribution < -0.4 is 4.72 Å². The number of nitrogens with zero attached hydrogens (tertiary/aromatic N) is 2. The Morgan fingerprint density at radius 3 is 2.58 bits per heavy atom. The van der Waals surface area contributed by atoms with Crippen molar-refractivity contribution in [2.75, 3.05) is 4.72 Å². The molecule has 0 saturated carbocycles. The molecule has 1 N–H and O–H groups in total. The van der Waals surface area contributed by atoms with Gasteiger partial charge in [-0.15, -0.1) is 0 Å². The van der Waals surface area contributed by atoms with Crippen LogP contribution in [0, 0.1) is 19.7 Å². The molecule has 3 aromatic rings. The highest BCUT2D eigenvalue weighted by Gasteiger charge is 2.16. The predicted molar refractivity (Wildman–Crippen MR) is 86.4 cm³/mol. The van der Waals surface area contributed by atoms with E-state index in [1.165, 1.54) is 19.1 Å². The van der Waals surface area contributed by atoms with Crippen molar-refractivity contribution >= 4 is 15.7 Å². The van der Waals surface area contributed by atoms with Gasteiger partial charge in [0.1, 0.15) is 5.82 Å². The second kappa shape index (κ2) is 6.04. The van der Waals surface area contributed by atoms with Crippen LogP contribution in [0.25, 0.3) is 11.5 Å². The number of nitrogens with one attached hydrogen (secondary N) is 1. The maximum atomic E-state index is 13.3. The Morgan fingerprint density at radius 1 is 1.12 bits per heavy atom. The number of halogens is 1. The van der Waals surface area contributed by atoms with Gasteiger partial charge in [0.2, 0.25) is 0 Å². The fourth-order valence-corrected chi connectivity index (χ4v) is 3.26. The van der Waals surface area contributed by atoms with Crippen molar-refractivity contribution in [1.29, 1.82) is 0 Å². The van der Waals surface area contributed by atoms with Crippen molar-refractivity contribution < 1.29 is 17.3 Å². The summed E-state index contributed by atoms with van der Waals surface area (Å²) in [4.78, 5) is 4.09. The largest absolute Gasteiger partial charge is 0.334 e. The normalized spacial score (nSPS) is 11.5. The summed E-state index contributed by atoms with van der Waals surface area (Å²) in [7, 11) is -3.83. The van der Waals surface area contributed by atoms with Crippen LogP contribution in [0.1, 0.15) is 11.4 Å². The summed E-state index contributed by atoms with van der Waals surface area (Å²) < 4.78 is 45.7. The first-order valence-corrected chi connectivity index (χ1v) is 8.53. The molecule has 1 aromatic heterocycles. The summed E-state index contributed by atoms with van der Waals surface area (Å²) in [5.41, 5.74) is 1.18. The zero-order chi connectivity index (χ0) is 17.3. The fraction of sp³-hybridized carbons (Fsp3) is 0.125. The number of hydrogen-bond acceptors (Lipinski definition) is 5. The Hall–Kier alpha value is -2.74. The van der Waals surface area contributed by atoms with Gasteiger partial charge in [-0.1, -0.05) is 11.2 Å². The average molecular weight is 347 g/mol. The molecule has 24 heavy (non-hydrogen) atoms. The predicted octanol–water partition coefficient (Wildman–Crippen LogP) is 3.29. The van der Waals surface area contributed by atoms with Crippen LogP contribution in [0.2, 0.25) is 0 Å². The Morgan fingerprint density at radius 2 is 1.92 bits per heavy atom. The number of anilines is 1. The molecular formula is C16H14FN3O3S. The second-order valence-corrected chi connectivity index (χ2v) is 6.93. The number of aryl methyl sites for hydroxylation is 2. The molecule has 0 radical (unpaired) electrons. The van der Waals surface area contributed by atoms with Gasteiger partial charge in [-0.3, -0.25) is 4.72 Å². The maximum absolute atomic E-state index is 13.3. The smallest absolute Gasteiger partial charge is 0.261 e. The summed E-state index contributed by atoms with van der Waals surface area (Å²) in [6.45, 7) is 3.20. The van der Waals surface area contributed by atoms with E-state index in [-0.39, 0.29) is 10.5 Å². The molecule has 2 aromatic carbocycles. The highest BCUT2D eigenvalue weighted by atomic mass is 32.2. The highest BCUT2D eigenvalue weighted by Crippen LogP contribution is 2.23. The van der Waals surface area contributed by atoms with Gasteiger partial charge in [0.15, 0.2) is 5.82 Å². The first-order valence-electron chi connectivity index (χ1n) is 7.05. The molecule has 0 bridgehead atoms. The number of aromatic nitrogens is 2. The van der Waals surface area contributed by atoms with Gasteiger partial charge in [0, 0.05) is 11.3 Å². The molecule has 0 spiro atoms. The van der Waals surface area contributed by atoms with Gasteiger partial charge in [-0.2, -0.15) is 4.98 Å². The van der Waals surface area contributed by atoms with Crippen LogP contribution in [0.15, 0.2) is 51.9 Å². The minimum atomic E-state index is -3.83. The van der Waals surface area contributed by atoms with Gasteiger partial charge in [0.05, 0.1) is 4.90 Å². The Balaban J connectivity index is 1.91. The lowest BCUT2D eigenvalue weighted by Gasteiger charge is -2.09. The Kier molecular flexibility index (Phi) is 4.06. The third-order valence-corrected chi connectivity index (χ3v) is 4.71. The second-order valence-electron chi connectivity index (χ2n) is 5.24. The lowest BCUT2D eigenvalue weighted by Crippen LogP contribution is -2.13. The fourth-order valence-electron chi connectivity index (χ4n) is 2.13. The average Bonchev–Trinajstić information content (AvgIpc) is 2.96. The summed E-state index contributed by atoms with van der Waals surface area (Å²) in [5, 5.41) is 3.70. The molecule has 0 atom stereocenters. The maximum Gasteiger partial charge on any atom is 0.261 e. The molecule has 0 amide bonds. The Bertz CT molecular complexity index is 999. The minimum absolute atomic E-state index is 0.0135. The first kappa shape index (κ1) is 16.1. The van der Waals surface area contributed by atoms with E-state index in [1.807, 2.05) is 0 Å².